The topological polar surface area (TPSA) is 152 Å². The number of H-pyrrole nitrogens is 1. The molecule has 0 radical (unpaired) electrons. The van der Waals surface area contributed by atoms with Crippen LogP contribution < -0.4 is 20.1 Å². The van der Waals surface area contributed by atoms with Crippen LogP contribution in [0.1, 0.15) is 5.56 Å². The predicted octanol–water partition coefficient (Wildman–Crippen LogP) is 3.35. The van der Waals surface area contributed by atoms with Crippen molar-refractivity contribution in [2.45, 2.75) is 17.4 Å². The number of nitrogens with zero attached hydrogens (tertiary/aromatic N) is 5. The highest BCUT2D eigenvalue weighted by Crippen LogP contribution is 2.33. The van der Waals surface area contributed by atoms with Crippen LogP contribution in [0.5, 0.6) is 11.6 Å². The van der Waals surface area contributed by atoms with Gasteiger partial charge in [-0.2, -0.15) is 15.1 Å². The predicted molar refractivity (Wildman–Crippen MR) is 139 cm³/mol. The Morgan fingerprint density at radius 3 is 2.62 bits per heavy atom. The number of nitrogens with two attached hydrogens (primary N) is 1. The van der Waals surface area contributed by atoms with Crippen LogP contribution in [0.2, 0.25) is 0 Å². The first-order chi connectivity index (χ1) is 18.0. The van der Waals surface area contributed by atoms with Gasteiger partial charge in [-0.05, 0) is 36.2 Å². The summed E-state index contributed by atoms with van der Waals surface area (Å²) in [6.07, 6.45) is 3.51. The van der Waals surface area contributed by atoms with E-state index in [2.05, 4.69) is 30.5 Å². The maximum absolute atomic E-state index is 13.8. The van der Waals surface area contributed by atoms with E-state index >= 15 is 0 Å². The van der Waals surface area contributed by atoms with Crippen molar-refractivity contribution in [2.24, 2.45) is 0 Å². The Labute approximate surface area is 212 Å². The molecule has 0 fully saturated rings. The molecule has 186 valence electrons. The van der Waals surface area contributed by atoms with Crippen molar-refractivity contribution in [3.63, 3.8) is 0 Å². The SMILES string of the molecule is Nc1nc(NC2Cc3ccccc3N(S(=O)(=O)c3ccc(Oc4ccccc4)nc3)C2)c2cn[nH]c2n1. The van der Waals surface area contributed by atoms with E-state index in [-0.39, 0.29) is 23.4 Å². The molecule has 5 aromatic rings. The van der Waals surface area contributed by atoms with Gasteiger partial charge in [-0.15, -0.1) is 0 Å². The van der Waals surface area contributed by atoms with Crippen LogP contribution in [0.25, 0.3) is 11.0 Å². The molecule has 0 amide bonds. The molecule has 11 nitrogen and oxygen atoms in total. The van der Waals surface area contributed by atoms with Gasteiger partial charge >= 0.3 is 0 Å². The van der Waals surface area contributed by atoms with Gasteiger partial charge < -0.3 is 15.8 Å². The number of ether oxygens (including phenoxy) is 1. The Balaban J connectivity index is 1.30. The van der Waals surface area contributed by atoms with Gasteiger partial charge in [0, 0.05) is 6.07 Å². The highest BCUT2D eigenvalue weighted by atomic mass is 32.2. The smallest absolute Gasteiger partial charge is 0.265 e. The molecule has 1 aliphatic heterocycles. The second-order valence-corrected chi connectivity index (χ2v) is 10.4. The van der Waals surface area contributed by atoms with Crippen molar-refractivity contribution in [3.8, 4) is 11.6 Å². The number of para-hydroxylation sites is 2. The Bertz CT molecular complexity index is 1670. The highest BCUT2D eigenvalue weighted by molar-refractivity contribution is 7.92. The van der Waals surface area contributed by atoms with Crippen LogP contribution in [0.15, 0.2) is 84.0 Å². The number of aromatic nitrogens is 5. The molecule has 12 heteroatoms. The Kier molecular flexibility index (Phi) is 5.57. The number of fused-ring (bicyclic) bond motifs is 2. The van der Waals surface area contributed by atoms with Crippen LogP contribution in [-0.4, -0.2) is 46.2 Å². The van der Waals surface area contributed by atoms with Gasteiger partial charge in [0.1, 0.15) is 16.5 Å². The first-order valence-electron chi connectivity index (χ1n) is 11.5. The average Bonchev–Trinajstić information content (AvgIpc) is 3.38. The Hall–Kier alpha value is -4.71. The van der Waals surface area contributed by atoms with E-state index < -0.39 is 10.0 Å². The van der Waals surface area contributed by atoms with Gasteiger partial charge in [0.05, 0.1) is 36.1 Å². The number of aromatic amines is 1. The maximum Gasteiger partial charge on any atom is 0.265 e. The van der Waals surface area contributed by atoms with Crippen LogP contribution in [0.3, 0.4) is 0 Å². The quantitative estimate of drug-likeness (QED) is 0.310. The summed E-state index contributed by atoms with van der Waals surface area (Å²) in [5.41, 5.74) is 7.88. The van der Waals surface area contributed by atoms with Gasteiger partial charge in [0.2, 0.25) is 11.8 Å². The van der Waals surface area contributed by atoms with Crippen LogP contribution >= 0.6 is 0 Å². The van der Waals surface area contributed by atoms with Gasteiger partial charge in [-0.25, -0.2) is 13.4 Å². The molecule has 1 atom stereocenters. The third-order valence-electron chi connectivity index (χ3n) is 6.04. The van der Waals surface area contributed by atoms with Gasteiger partial charge in [-0.3, -0.25) is 9.40 Å². The lowest BCUT2D eigenvalue weighted by molar-refractivity contribution is 0.462. The normalized spacial score (nSPS) is 15.4. The number of hydrogen-bond acceptors (Lipinski definition) is 9. The first-order valence-corrected chi connectivity index (χ1v) is 12.9. The molecular weight excluding hydrogens is 492 g/mol. The zero-order chi connectivity index (χ0) is 25.4. The minimum absolute atomic E-state index is 0.0619. The molecular formula is C25H22N8O3S. The number of nitrogen functional groups attached to an aromatic ring is 1. The second kappa shape index (κ2) is 9.06. The minimum atomic E-state index is -3.93. The van der Waals surface area contributed by atoms with Crippen LogP contribution in [-0.2, 0) is 16.4 Å². The number of sulfonamides is 1. The molecule has 4 heterocycles. The molecule has 0 saturated carbocycles. The summed E-state index contributed by atoms with van der Waals surface area (Å²) >= 11 is 0. The minimum Gasteiger partial charge on any atom is -0.439 e. The molecule has 1 aliphatic rings. The molecule has 1 unspecified atom stereocenters. The van der Waals surface area contributed by atoms with E-state index in [9.17, 15) is 8.42 Å². The first kappa shape index (κ1) is 22.7. The van der Waals surface area contributed by atoms with E-state index in [0.717, 1.165) is 5.56 Å². The largest absolute Gasteiger partial charge is 0.439 e. The molecule has 0 aliphatic carbocycles. The fraction of sp³-hybridized carbons (Fsp3) is 0.120. The van der Waals surface area contributed by atoms with E-state index in [1.54, 1.807) is 30.5 Å². The van der Waals surface area contributed by atoms with Gasteiger partial charge in [-0.1, -0.05) is 36.4 Å². The van der Waals surface area contributed by atoms with E-state index in [0.29, 0.717) is 40.6 Å². The zero-order valence-electron chi connectivity index (χ0n) is 19.4. The summed E-state index contributed by atoms with van der Waals surface area (Å²) < 4.78 is 34.7. The molecule has 4 N–H and O–H groups in total. The van der Waals surface area contributed by atoms with Crippen LogP contribution in [0, 0.1) is 0 Å². The third-order valence-corrected chi connectivity index (χ3v) is 7.81. The van der Waals surface area contributed by atoms with Crippen molar-refractivity contribution in [1.82, 2.24) is 25.1 Å². The molecule has 2 aromatic carbocycles. The number of rotatable bonds is 6. The van der Waals surface area contributed by atoms with E-state index in [1.807, 2.05) is 36.4 Å². The molecule has 0 spiro atoms. The summed E-state index contributed by atoms with van der Waals surface area (Å²) in [7, 11) is -3.93. The molecule has 37 heavy (non-hydrogen) atoms. The number of nitrogens with one attached hydrogen (secondary N) is 2. The standard InChI is InChI=1S/C25H22N8O3S/c26-25-30-23(20-14-28-32-24(20)31-25)29-17-12-16-6-4-5-9-21(16)33(15-17)37(34,35)19-10-11-22(27-13-19)36-18-7-2-1-3-8-18/h1-11,13-14,17H,12,15H2,(H4,26,28,29,30,31,32). The lowest BCUT2D eigenvalue weighted by Gasteiger charge is -2.35. The fourth-order valence-corrected chi connectivity index (χ4v) is 5.84. The number of benzene rings is 2. The zero-order valence-corrected chi connectivity index (χ0v) is 20.3. The number of hydrogen-bond donors (Lipinski definition) is 3. The number of pyridine rings is 1. The van der Waals surface area contributed by atoms with Crippen LogP contribution in [0.4, 0.5) is 17.5 Å². The molecule has 6 rings (SSSR count). The van der Waals surface area contributed by atoms with Crippen molar-refractivity contribution in [3.05, 3.63) is 84.7 Å². The van der Waals surface area contributed by atoms with E-state index in [1.165, 1.54) is 16.6 Å². The molecule has 3 aromatic heterocycles. The third kappa shape index (κ3) is 4.38. The van der Waals surface area contributed by atoms with Crippen molar-refractivity contribution < 1.29 is 13.2 Å². The number of anilines is 3. The summed E-state index contributed by atoms with van der Waals surface area (Å²) in [6, 6.07) is 19.4. The Morgan fingerprint density at radius 1 is 1.00 bits per heavy atom. The van der Waals surface area contributed by atoms with Gasteiger partial charge in [0.15, 0.2) is 5.65 Å². The van der Waals surface area contributed by atoms with Crippen molar-refractivity contribution in [1.29, 1.82) is 0 Å². The highest BCUT2D eigenvalue weighted by Gasteiger charge is 2.34. The molecule has 0 bridgehead atoms. The lowest BCUT2D eigenvalue weighted by Crippen LogP contribution is -2.45. The summed E-state index contributed by atoms with van der Waals surface area (Å²) in [4.78, 5) is 12.7. The summed E-state index contributed by atoms with van der Waals surface area (Å²) in [5.74, 6) is 1.49. The second-order valence-electron chi connectivity index (χ2n) is 8.52. The van der Waals surface area contributed by atoms with Crippen molar-refractivity contribution >= 4 is 38.5 Å². The summed E-state index contributed by atoms with van der Waals surface area (Å²) in [6.45, 7) is 0.171. The maximum atomic E-state index is 13.8. The van der Waals surface area contributed by atoms with Gasteiger partial charge in [0.25, 0.3) is 10.0 Å². The van der Waals surface area contributed by atoms with Crippen molar-refractivity contribution in [2.75, 3.05) is 21.9 Å². The molecule has 0 saturated heterocycles. The Morgan fingerprint density at radius 2 is 1.81 bits per heavy atom. The lowest BCUT2D eigenvalue weighted by atomic mass is 9.99. The summed E-state index contributed by atoms with van der Waals surface area (Å²) in [5, 5.41) is 10.8. The fourth-order valence-electron chi connectivity index (χ4n) is 4.35. The average molecular weight is 515 g/mol. The van der Waals surface area contributed by atoms with E-state index in [4.69, 9.17) is 10.5 Å². The monoisotopic (exact) mass is 514 g/mol.